The zero-order valence-corrected chi connectivity index (χ0v) is 20.6. The Balaban J connectivity index is 1.25. The lowest BCUT2D eigenvalue weighted by Crippen LogP contribution is -2.37. The van der Waals surface area contributed by atoms with Crippen LogP contribution >= 0.6 is 0 Å². The highest BCUT2D eigenvalue weighted by Gasteiger charge is 2.24. The number of carbonyl (C=O) groups excluding carboxylic acids is 1. The van der Waals surface area contributed by atoms with Gasteiger partial charge in [0.2, 0.25) is 0 Å². The van der Waals surface area contributed by atoms with Gasteiger partial charge in [0.1, 0.15) is 12.4 Å². The number of morpholine rings is 1. The number of aromatic nitrogens is 1. The molecule has 1 aromatic heterocycles. The van der Waals surface area contributed by atoms with Crippen LogP contribution in [0.3, 0.4) is 0 Å². The van der Waals surface area contributed by atoms with Crippen molar-refractivity contribution in [1.82, 2.24) is 9.88 Å². The van der Waals surface area contributed by atoms with E-state index in [0.717, 1.165) is 68.3 Å². The summed E-state index contributed by atoms with van der Waals surface area (Å²) >= 11 is 0. The summed E-state index contributed by atoms with van der Waals surface area (Å²) in [6.07, 6.45) is 5.67. The van der Waals surface area contributed by atoms with Crippen LogP contribution in [0.4, 0.5) is 5.69 Å². The van der Waals surface area contributed by atoms with Crippen molar-refractivity contribution in [3.05, 3.63) is 89.7 Å². The summed E-state index contributed by atoms with van der Waals surface area (Å²) in [7, 11) is 0. The number of amides is 1. The lowest BCUT2D eigenvalue weighted by atomic mass is 10.1. The lowest BCUT2D eigenvalue weighted by molar-refractivity contribution is 0.0507. The van der Waals surface area contributed by atoms with Crippen LogP contribution in [0.5, 0.6) is 5.75 Å². The van der Waals surface area contributed by atoms with Gasteiger partial charge in [-0.3, -0.25) is 9.78 Å². The number of rotatable bonds is 9. The monoisotopic (exact) mass is 487 g/mol. The summed E-state index contributed by atoms with van der Waals surface area (Å²) in [6, 6.07) is 19.8. The Bertz CT molecular complexity index is 1090. The predicted molar refractivity (Wildman–Crippen MR) is 138 cm³/mol. The van der Waals surface area contributed by atoms with E-state index >= 15 is 0 Å². The Morgan fingerprint density at radius 1 is 1.00 bits per heavy atom. The highest BCUT2D eigenvalue weighted by molar-refractivity contribution is 5.94. The summed E-state index contributed by atoms with van der Waals surface area (Å²) < 4.78 is 17.2. The van der Waals surface area contributed by atoms with Gasteiger partial charge in [-0.2, -0.15) is 0 Å². The Morgan fingerprint density at radius 2 is 1.81 bits per heavy atom. The molecule has 0 spiro atoms. The van der Waals surface area contributed by atoms with E-state index in [1.54, 1.807) is 12.4 Å². The quantitative estimate of drug-likeness (QED) is 0.448. The van der Waals surface area contributed by atoms with Crippen LogP contribution in [0.15, 0.2) is 73.1 Å². The number of nitrogens with zero attached hydrogens (tertiary/aromatic N) is 3. The zero-order valence-electron chi connectivity index (χ0n) is 20.6. The second kappa shape index (κ2) is 12.0. The van der Waals surface area contributed by atoms with Crippen molar-refractivity contribution < 1.29 is 19.0 Å². The van der Waals surface area contributed by atoms with E-state index < -0.39 is 0 Å². The van der Waals surface area contributed by atoms with Gasteiger partial charge in [0.15, 0.2) is 0 Å². The summed E-state index contributed by atoms with van der Waals surface area (Å²) in [6.45, 7) is 5.57. The van der Waals surface area contributed by atoms with Gasteiger partial charge in [-0.25, -0.2) is 0 Å². The standard InChI is InChI=1S/C29H33N3O4/c33-29(25-7-9-26(10-8-25)31-14-17-34-18-15-31)32(21-28-4-2-16-35-28)20-23-5-11-27(12-6-23)36-22-24-3-1-13-30-19-24/h1,3,5-13,19,28H,2,4,14-18,20-22H2/t28-/m1/s1. The molecule has 7 heteroatoms. The van der Waals surface area contributed by atoms with Crippen molar-refractivity contribution in [3.8, 4) is 5.75 Å². The number of ether oxygens (including phenoxy) is 3. The average Bonchev–Trinajstić information content (AvgIpc) is 3.46. The second-order valence-electron chi connectivity index (χ2n) is 9.26. The van der Waals surface area contributed by atoms with Gasteiger partial charge >= 0.3 is 0 Å². The summed E-state index contributed by atoms with van der Waals surface area (Å²) in [5.74, 6) is 0.814. The molecule has 2 aromatic carbocycles. The first-order valence-electron chi connectivity index (χ1n) is 12.7. The van der Waals surface area contributed by atoms with Crippen molar-refractivity contribution >= 4 is 11.6 Å². The largest absolute Gasteiger partial charge is 0.489 e. The first-order valence-corrected chi connectivity index (χ1v) is 12.7. The third-order valence-electron chi connectivity index (χ3n) is 6.65. The highest BCUT2D eigenvalue weighted by atomic mass is 16.5. The van der Waals surface area contributed by atoms with E-state index in [-0.39, 0.29) is 12.0 Å². The van der Waals surface area contributed by atoms with Crippen LogP contribution in [0.1, 0.15) is 34.3 Å². The lowest BCUT2D eigenvalue weighted by Gasteiger charge is -2.29. The molecule has 0 unspecified atom stereocenters. The van der Waals surface area contributed by atoms with E-state index in [1.807, 2.05) is 65.6 Å². The van der Waals surface area contributed by atoms with E-state index in [2.05, 4.69) is 9.88 Å². The SMILES string of the molecule is O=C(c1ccc(N2CCOCC2)cc1)N(Cc1ccc(OCc2cccnc2)cc1)C[C@H]1CCCO1. The van der Waals surface area contributed by atoms with Gasteiger partial charge in [-0.1, -0.05) is 18.2 Å². The van der Waals surface area contributed by atoms with Crippen molar-refractivity contribution in [3.63, 3.8) is 0 Å². The number of carbonyl (C=O) groups is 1. The van der Waals surface area contributed by atoms with E-state index in [4.69, 9.17) is 14.2 Å². The minimum absolute atomic E-state index is 0.0240. The Kier molecular flexibility index (Phi) is 8.10. The summed E-state index contributed by atoms with van der Waals surface area (Å²) in [5.41, 5.74) is 3.90. The zero-order chi connectivity index (χ0) is 24.6. The van der Waals surface area contributed by atoms with E-state index in [0.29, 0.717) is 25.3 Å². The number of pyridine rings is 1. The van der Waals surface area contributed by atoms with E-state index in [9.17, 15) is 4.79 Å². The molecule has 0 saturated carbocycles. The molecule has 1 atom stereocenters. The molecule has 2 fully saturated rings. The minimum atomic E-state index is 0.0240. The molecular formula is C29H33N3O4. The van der Waals surface area contributed by atoms with Crippen LogP contribution in [-0.4, -0.2) is 61.3 Å². The van der Waals surface area contributed by atoms with Gasteiger partial charge in [-0.05, 0) is 60.9 Å². The first-order chi connectivity index (χ1) is 17.7. The highest BCUT2D eigenvalue weighted by Crippen LogP contribution is 2.22. The number of hydrogen-bond donors (Lipinski definition) is 0. The molecule has 2 saturated heterocycles. The van der Waals surface area contributed by atoms with Crippen LogP contribution in [0.25, 0.3) is 0 Å². The second-order valence-corrected chi connectivity index (χ2v) is 9.26. The number of anilines is 1. The summed E-state index contributed by atoms with van der Waals surface area (Å²) in [5, 5.41) is 0. The fourth-order valence-electron chi connectivity index (χ4n) is 4.63. The molecule has 2 aliphatic heterocycles. The van der Waals surface area contributed by atoms with E-state index in [1.165, 1.54) is 0 Å². The molecule has 5 rings (SSSR count). The molecule has 0 bridgehead atoms. The fraction of sp³-hybridized carbons (Fsp3) is 0.379. The van der Waals surface area contributed by atoms with Crippen LogP contribution in [0, 0.1) is 0 Å². The number of hydrogen-bond acceptors (Lipinski definition) is 6. The van der Waals surface area contributed by atoms with Crippen LogP contribution < -0.4 is 9.64 Å². The van der Waals surface area contributed by atoms with Crippen molar-refractivity contribution in [2.45, 2.75) is 32.1 Å². The van der Waals surface area contributed by atoms with Crippen molar-refractivity contribution in [2.24, 2.45) is 0 Å². The molecule has 0 N–H and O–H groups in total. The third kappa shape index (κ3) is 6.42. The fourth-order valence-corrected chi connectivity index (χ4v) is 4.63. The van der Waals surface area contributed by atoms with Gasteiger partial charge < -0.3 is 24.0 Å². The topological polar surface area (TPSA) is 64.1 Å². The summed E-state index contributed by atoms with van der Waals surface area (Å²) in [4.78, 5) is 21.9. The van der Waals surface area contributed by atoms with Gasteiger partial charge in [0.25, 0.3) is 5.91 Å². The maximum Gasteiger partial charge on any atom is 0.254 e. The van der Waals surface area contributed by atoms with Crippen molar-refractivity contribution in [1.29, 1.82) is 0 Å². The molecule has 188 valence electrons. The van der Waals surface area contributed by atoms with Crippen LogP contribution in [0.2, 0.25) is 0 Å². The Hall–Kier alpha value is -3.42. The molecule has 1 amide bonds. The molecule has 3 aromatic rings. The number of benzene rings is 2. The van der Waals surface area contributed by atoms with Gasteiger partial charge in [-0.15, -0.1) is 0 Å². The van der Waals surface area contributed by atoms with Crippen LogP contribution in [-0.2, 0) is 22.6 Å². The van der Waals surface area contributed by atoms with Gasteiger partial charge in [0.05, 0.1) is 19.3 Å². The molecular weight excluding hydrogens is 454 g/mol. The third-order valence-corrected chi connectivity index (χ3v) is 6.65. The molecule has 36 heavy (non-hydrogen) atoms. The molecule has 2 aliphatic rings. The maximum absolute atomic E-state index is 13.6. The molecule has 7 nitrogen and oxygen atoms in total. The normalized spacial score (nSPS) is 17.7. The molecule has 0 radical (unpaired) electrons. The minimum Gasteiger partial charge on any atom is -0.489 e. The molecule has 3 heterocycles. The van der Waals surface area contributed by atoms with Gasteiger partial charge in [0, 0.05) is 62.0 Å². The van der Waals surface area contributed by atoms with Crippen molar-refractivity contribution in [2.75, 3.05) is 44.4 Å². The Labute approximate surface area is 212 Å². The maximum atomic E-state index is 13.6. The Morgan fingerprint density at radius 3 is 2.50 bits per heavy atom. The first kappa shape index (κ1) is 24.3. The molecule has 0 aliphatic carbocycles. The average molecular weight is 488 g/mol. The predicted octanol–water partition coefficient (Wildman–Crippen LogP) is 4.32. The smallest absolute Gasteiger partial charge is 0.254 e.